The summed E-state index contributed by atoms with van der Waals surface area (Å²) in [6.07, 6.45) is 1.03. The average Bonchev–Trinajstić information content (AvgIpc) is 2.84. The number of aryl methyl sites for hydroxylation is 1. The van der Waals surface area contributed by atoms with Crippen molar-refractivity contribution >= 4 is 0 Å². The van der Waals surface area contributed by atoms with E-state index in [2.05, 4.69) is 69.3 Å². The van der Waals surface area contributed by atoms with Crippen LogP contribution in [0.2, 0.25) is 0 Å². The molecule has 0 atom stereocenters. The molecule has 0 aliphatic carbocycles. The first-order valence-electron chi connectivity index (χ1n) is 11.3. The first-order valence-corrected chi connectivity index (χ1v) is 11.3. The fraction of sp³-hybridized carbons (Fsp3) is 0.200. The maximum Gasteiger partial charge on any atom is 0.132 e. The maximum absolute atomic E-state index is 14.7. The number of benzene rings is 4. The zero-order valence-corrected chi connectivity index (χ0v) is 19.7. The maximum atomic E-state index is 14.7. The molecule has 0 bridgehead atoms. The Kier molecular flexibility index (Phi) is 6.62. The molecule has 0 radical (unpaired) electrons. The summed E-state index contributed by atoms with van der Waals surface area (Å²) in [5, 5.41) is 0. The van der Waals surface area contributed by atoms with Gasteiger partial charge < -0.3 is 10.5 Å². The largest absolute Gasteiger partial charge is 0.496 e. The Morgan fingerprint density at radius 1 is 0.758 bits per heavy atom. The van der Waals surface area contributed by atoms with Crippen LogP contribution in [0.1, 0.15) is 29.2 Å². The molecule has 0 fully saturated rings. The molecular weight excluding hydrogens is 409 g/mol. The van der Waals surface area contributed by atoms with Crippen molar-refractivity contribution in [1.82, 2.24) is 0 Å². The van der Waals surface area contributed by atoms with Crippen LogP contribution in [0, 0.1) is 19.7 Å². The van der Waals surface area contributed by atoms with Crippen molar-refractivity contribution in [2.24, 2.45) is 5.73 Å². The number of nitrogens with two attached hydrogens (primary N) is 1. The second-order valence-electron chi connectivity index (χ2n) is 8.35. The molecule has 3 heteroatoms. The molecule has 0 heterocycles. The summed E-state index contributed by atoms with van der Waals surface area (Å²) in [5.41, 5.74) is 16.3. The third-order valence-corrected chi connectivity index (χ3v) is 6.52. The van der Waals surface area contributed by atoms with Crippen LogP contribution in [0.3, 0.4) is 0 Å². The molecule has 168 valence electrons. The van der Waals surface area contributed by atoms with Crippen molar-refractivity contribution in [2.45, 2.75) is 33.7 Å². The number of rotatable bonds is 6. The van der Waals surface area contributed by atoms with Gasteiger partial charge in [-0.05, 0) is 82.5 Å². The molecule has 4 aromatic rings. The van der Waals surface area contributed by atoms with E-state index in [0.717, 1.165) is 28.7 Å². The summed E-state index contributed by atoms with van der Waals surface area (Å²) < 4.78 is 20.2. The lowest BCUT2D eigenvalue weighted by atomic mass is 9.87. The van der Waals surface area contributed by atoms with E-state index in [-0.39, 0.29) is 12.4 Å². The van der Waals surface area contributed by atoms with Gasteiger partial charge in [0.2, 0.25) is 0 Å². The van der Waals surface area contributed by atoms with Crippen LogP contribution in [0.4, 0.5) is 4.39 Å². The monoisotopic (exact) mass is 439 g/mol. The summed E-state index contributed by atoms with van der Waals surface area (Å²) >= 11 is 0. The quantitative estimate of drug-likeness (QED) is 0.338. The topological polar surface area (TPSA) is 35.2 Å². The van der Waals surface area contributed by atoms with E-state index in [9.17, 15) is 4.39 Å². The number of hydrogen-bond donors (Lipinski definition) is 1. The molecule has 33 heavy (non-hydrogen) atoms. The molecule has 0 aliphatic heterocycles. The number of ether oxygens (including phenoxy) is 1. The van der Waals surface area contributed by atoms with Crippen molar-refractivity contribution in [3.05, 3.63) is 101 Å². The fourth-order valence-corrected chi connectivity index (χ4v) is 4.55. The third-order valence-electron chi connectivity index (χ3n) is 6.52. The van der Waals surface area contributed by atoms with Crippen LogP contribution in [0.15, 0.2) is 72.8 Å². The molecule has 0 spiro atoms. The molecule has 4 rings (SSSR count). The zero-order chi connectivity index (χ0) is 23.5. The Labute approximate surface area is 195 Å². The summed E-state index contributed by atoms with van der Waals surface area (Å²) in [5.74, 6) is 0.136. The summed E-state index contributed by atoms with van der Waals surface area (Å²) in [4.78, 5) is 0. The smallest absolute Gasteiger partial charge is 0.132 e. The number of methoxy groups -OCH3 is 1. The van der Waals surface area contributed by atoms with Gasteiger partial charge >= 0.3 is 0 Å². The molecule has 0 unspecified atom stereocenters. The molecular formula is C30H30FNO. The normalized spacial score (nSPS) is 11.0. The van der Waals surface area contributed by atoms with E-state index < -0.39 is 0 Å². The van der Waals surface area contributed by atoms with Crippen LogP contribution < -0.4 is 10.5 Å². The molecule has 2 nitrogen and oxygen atoms in total. The standard InChI is InChI=1S/C30H30FNO/c1-5-21-12-14-22(15-13-21)24-8-6-10-26(19(24)2)27-11-7-9-25(20(27)3)23-16-29(31)28(18-32)30(17-23)33-4/h6-17H,5,18,32H2,1-4H3. The van der Waals surface area contributed by atoms with E-state index in [0.29, 0.717) is 11.3 Å². The zero-order valence-electron chi connectivity index (χ0n) is 19.7. The lowest BCUT2D eigenvalue weighted by Crippen LogP contribution is -2.04. The first kappa shape index (κ1) is 22.8. The van der Waals surface area contributed by atoms with Gasteiger partial charge in [-0.1, -0.05) is 67.6 Å². The third kappa shape index (κ3) is 4.29. The van der Waals surface area contributed by atoms with Gasteiger partial charge in [-0.2, -0.15) is 0 Å². The van der Waals surface area contributed by atoms with E-state index in [1.165, 1.54) is 27.8 Å². The lowest BCUT2D eigenvalue weighted by Gasteiger charge is -2.17. The highest BCUT2D eigenvalue weighted by Gasteiger charge is 2.16. The van der Waals surface area contributed by atoms with E-state index >= 15 is 0 Å². The minimum absolute atomic E-state index is 0.0968. The van der Waals surface area contributed by atoms with Crippen LogP contribution in [0.25, 0.3) is 33.4 Å². The second kappa shape index (κ2) is 9.60. The van der Waals surface area contributed by atoms with Gasteiger partial charge in [0.1, 0.15) is 11.6 Å². The van der Waals surface area contributed by atoms with Crippen molar-refractivity contribution in [3.8, 4) is 39.1 Å². The number of halogens is 1. The van der Waals surface area contributed by atoms with E-state index in [1.807, 2.05) is 18.2 Å². The first-order chi connectivity index (χ1) is 16.0. The molecule has 0 aliphatic rings. The highest BCUT2D eigenvalue weighted by molar-refractivity contribution is 5.84. The van der Waals surface area contributed by atoms with Gasteiger partial charge in [-0.15, -0.1) is 0 Å². The van der Waals surface area contributed by atoms with Crippen LogP contribution in [-0.2, 0) is 13.0 Å². The molecule has 2 N–H and O–H groups in total. The van der Waals surface area contributed by atoms with Gasteiger partial charge in [-0.3, -0.25) is 0 Å². The van der Waals surface area contributed by atoms with Crippen LogP contribution in [0.5, 0.6) is 5.75 Å². The Morgan fingerprint density at radius 2 is 1.30 bits per heavy atom. The molecule has 4 aromatic carbocycles. The Morgan fingerprint density at radius 3 is 1.82 bits per heavy atom. The van der Waals surface area contributed by atoms with Crippen LogP contribution in [-0.4, -0.2) is 7.11 Å². The summed E-state index contributed by atoms with van der Waals surface area (Å²) in [6, 6.07) is 24.8. The van der Waals surface area contributed by atoms with E-state index in [4.69, 9.17) is 10.5 Å². The van der Waals surface area contributed by atoms with Crippen LogP contribution >= 0.6 is 0 Å². The van der Waals surface area contributed by atoms with Gasteiger partial charge in [0, 0.05) is 12.1 Å². The van der Waals surface area contributed by atoms with Crippen molar-refractivity contribution in [3.63, 3.8) is 0 Å². The summed E-state index contributed by atoms with van der Waals surface area (Å²) in [7, 11) is 1.54. The predicted molar refractivity (Wildman–Crippen MR) is 136 cm³/mol. The Hall–Kier alpha value is -3.43. The SMILES string of the molecule is CCc1ccc(-c2cccc(-c3cccc(-c4cc(F)c(CN)c(OC)c4)c3C)c2C)cc1. The predicted octanol–water partition coefficient (Wildman–Crippen LogP) is 7.47. The minimum atomic E-state index is -0.342. The Balaban J connectivity index is 1.83. The number of hydrogen-bond acceptors (Lipinski definition) is 2. The molecule has 0 amide bonds. The van der Waals surface area contributed by atoms with Crippen molar-refractivity contribution in [1.29, 1.82) is 0 Å². The van der Waals surface area contributed by atoms with Gasteiger partial charge in [0.15, 0.2) is 0 Å². The van der Waals surface area contributed by atoms with Crippen molar-refractivity contribution < 1.29 is 9.13 Å². The molecule has 0 saturated heterocycles. The highest BCUT2D eigenvalue weighted by Crippen LogP contribution is 2.38. The average molecular weight is 440 g/mol. The fourth-order valence-electron chi connectivity index (χ4n) is 4.55. The Bertz CT molecular complexity index is 1290. The highest BCUT2D eigenvalue weighted by atomic mass is 19.1. The van der Waals surface area contributed by atoms with Gasteiger partial charge in [0.25, 0.3) is 0 Å². The van der Waals surface area contributed by atoms with Crippen molar-refractivity contribution in [2.75, 3.05) is 7.11 Å². The minimum Gasteiger partial charge on any atom is -0.496 e. The molecule has 0 saturated carbocycles. The summed E-state index contributed by atoms with van der Waals surface area (Å²) in [6.45, 7) is 6.53. The van der Waals surface area contributed by atoms with E-state index in [1.54, 1.807) is 13.2 Å². The second-order valence-corrected chi connectivity index (χ2v) is 8.35. The van der Waals surface area contributed by atoms with Gasteiger partial charge in [-0.25, -0.2) is 4.39 Å². The molecule has 0 aromatic heterocycles. The lowest BCUT2D eigenvalue weighted by molar-refractivity contribution is 0.405. The van der Waals surface area contributed by atoms with Gasteiger partial charge in [0.05, 0.1) is 7.11 Å².